The third-order valence-electron chi connectivity index (χ3n) is 6.42. The van der Waals surface area contributed by atoms with Crippen LogP contribution >= 0.6 is 0 Å². The van der Waals surface area contributed by atoms with E-state index in [4.69, 9.17) is 10.8 Å². The van der Waals surface area contributed by atoms with Gasteiger partial charge in [0.2, 0.25) is 10.0 Å². The van der Waals surface area contributed by atoms with Gasteiger partial charge in [0.05, 0.1) is 16.3 Å². The molecule has 9 nitrogen and oxygen atoms in total. The third-order valence-corrected chi connectivity index (χ3v) is 7.90. The molecular weight excluding hydrogens is 512 g/mol. The number of fused-ring (bicyclic) bond motifs is 1. The number of nitrogens with two attached hydrogens (primary N) is 1. The Balaban J connectivity index is 1.46. The summed E-state index contributed by atoms with van der Waals surface area (Å²) in [5.74, 6) is 0.0838. The van der Waals surface area contributed by atoms with Crippen LogP contribution in [-0.2, 0) is 16.4 Å². The molecule has 0 atom stereocenters. The molecule has 0 saturated heterocycles. The molecule has 0 aliphatic heterocycles. The minimum atomic E-state index is -3.63. The third kappa shape index (κ3) is 5.25. The molecule has 0 radical (unpaired) electrons. The van der Waals surface area contributed by atoms with Crippen molar-refractivity contribution in [1.29, 1.82) is 0 Å². The number of nitrogen functional groups attached to an aromatic ring is 1. The number of carbonyl (C=O) groups is 1. The van der Waals surface area contributed by atoms with Crippen LogP contribution in [0.4, 0.5) is 11.5 Å². The summed E-state index contributed by atoms with van der Waals surface area (Å²) in [6, 6.07) is 23.2. The number of benzene rings is 3. The fraction of sp³-hybridized carbons (Fsp3) is 0.138. The molecule has 1 amide bonds. The van der Waals surface area contributed by atoms with Crippen LogP contribution in [0, 0.1) is 0 Å². The van der Waals surface area contributed by atoms with Gasteiger partial charge in [-0.2, -0.15) is 5.10 Å². The zero-order valence-corrected chi connectivity index (χ0v) is 22.4. The van der Waals surface area contributed by atoms with Gasteiger partial charge in [-0.3, -0.25) is 4.79 Å². The van der Waals surface area contributed by atoms with Gasteiger partial charge in [0, 0.05) is 22.8 Å². The van der Waals surface area contributed by atoms with Crippen LogP contribution in [-0.4, -0.2) is 36.1 Å². The van der Waals surface area contributed by atoms with Crippen molar-refractivity contribution in [1.82, 2.24) is 19.5 Å². The molecule has 5 aromatic rings. The van der Waals surface area contributed by atoms with E-state index in [9.17, 15) is 13.2 Å². The molecule has 2 aromatic heterocycles. The van der Waals surface area contributed by atoms with Crippen molar-refractivity contribution in [2.75, 3.05) is 18.1 Å². The fourth-order valence-corrected chi connectivity index (χ4v) is 5.41. The fourth-order valence-electron chi connectivity index (χ4n) is 4.46. The lowest BCUT2D eigenvalue weighted by Crippen LogP contribution is -2.19. The van der Waals surface area contributed by atoms with Gasteiger partial charge < -0.3 is 11.1 Å². The van der Waals surface area contributed by atoms with Crippen molar-refractivity contribution < 1.29 is 13.2 Å². The highest BCUT2D eigenvalue weighted by Gasteiger charge is 2.19. The Labute approximate surface area is 226 Å². The van der Waals surface area contributed by atoms with Gasteiger partial charge in [-0.25, -0.2) is 22.8 Å². The average molecular weight is 541 g/mol. The molecule has 0 fully saturated rings. The van der Waals surface area contributed by atoms with E-state index >= 15 is 0 Å². The van der Waals surface area contributed by atoms with Crippen molar-refractivity contribution in [3.05, 3.63) is 96.4 Å². The molecule has 5 rings (SSSR count). The number of sulfonamides is 1. The van der Waals surface area contributed by atoms with Crippen LogP contribution in [0.2, 0.25) is 0 Å². The second-order valence-electron chi connectivity index (χ2n) is 9.02. The molecule has 3 aromatic carbocycles. The number of carbonyl (C=O) groups excluding carboxylic acids is 1. The monoisotopic (exact) mass is 540 g/mol. The highest BCUT2D eigenvalue weighted by molar-refractivity contribution is 7.89. The highest BCUT2D eigenvalue weighted by atomic mass is 32.2. The first-order valence-electron chi connectivity index (χ1n) is 12.5. The van der Waals surface area contributed by atoms with Gasteiger partial charge in [0.1, 0.15) is 11.5 Å². The molecule has 2 heterocycles. The lowest BCUT2D eigenvalue weighted by molar-refractivity contribution is 0.101. The van der Waals surface area contributed by atoms with E-state index in [2.05, 4.69) is 21.9 Å². The molecule has 0 aliphatic carbocycles. The van der Waals surface area contributed by atoms with E-state index in [0.29, 0.717) is 34.0 Å². The van der Waals surface area contributed by atoms with E-state index < -0.39 is 10.0 Å². The number of nitrogens with zero attached hydrogens (tertiary/aromatic N) is 3. The maximum absolute atomic E-state index is 13.4. The van der Waals surface area contributed by atoms with Crippen LogP contribution < -0.4 is 15.8 Å². The average Bonchev–Trinajstić information content (AvgIpc) is 3.38. The summed E-state index contributed by atoms with van der Waals surface area (Å²) in [6.07, 6.45) is 3.28. The largest absolute Gasteiger partial charge is 0.383 e. The number of anilines is 2. The first kappa shape index (κ1) is 26.1. The predicted molar refractivity (Wildman–Crippen MR) is 153 cm³/mol. The van der Waals surface area contributed by atoms with E-state index in [0.717, 1.165) is 29.3 Å². The van der Waals surface area contributed by atoms with Crippen molar-refractivity contribution in [2.24, 2.45) is 0 Å². The first-order valence-corrected chi connectivity index (χ1v) is 14.0. The van der Waals surface area contributed by atoms with E-state index in [-0.39, 0.29) is 10.8 Å². The molecule has 0 unspecified atom stereocenters. The zero-order chi connectivity index (χ0) is 27.6. The summed E-state index contributed by atoms with van der Waals surface area (Å²) in [7, 11) is -2.25. The number of rotatable bonds is 8. The van der Waals surface area contributed by atoms with Gasteiger partial charge in [0.25, 0.3) is 5.91 Å². The Bertz CT molecular complexity index is 1780. The normalized spacial score (nSPS) is 11.5. The summed E-state index contributed by atoms with van der Waals surface area (Å²) < 4.78 is 28.9. The number of hydrogen-bond donors (Lipinski definition) is 3. The van der Waals surface area contributed by atoms with Crippen LogP contribution in [0.15, 0.2) is 90.0 Å². The Kier molecular flexibility index (Phi) is 7.14. The van der Waals surface area contributed by atoms with Crippen LogP contribution in [0.1, 0.15) is 29.5 Å². The molecule has 0 spiro atoms. The van der Waals surface area contributed by atoms with Crippen molar-refractivity contribution in [2.45, 2.75) is 24.7 Å². The second-order valence-corrected chi connectivity index (χ2v) is 10.9. The lowest BCUT2D eigenvalue weighted by atomic mass is 10.1. The number of amides is 1. The second kappa shape index (κ2) is 10.7. The van der Waals surface area contributed by atoms with Gasteiger partial charge in [0.15, 0.2) is 0 Å². The summed E-state index contributed by atoms with van der Waals surface area (Å²) in [6.45, 7) is 2.06. The van der Waals surface area contributed by atoms with Gasteiger partial charge in [-0.1, -0.05) is 49.7 Å². The SMILES string of the molecule is CCCc1cc(C(=O)Nc2ccc(-c3ccccc3S(=O)(=O)NC)cc2)n(-c2ccc3ccnc(N)c3c2)n1. The van der Waals surface area contributed by atoms with Crippen LogP contribution in [0.3, 0.4) is 0 Å². The minimum Gasteiger partial charge on any atom is -0.383 e. The smallest absolute Gasteiger partial charge is 0.274 e. The number of nitrogens with one attached hydrogen (secondary N) is 2. The number of aryl methyl sites for hydroxylation is 1. The quantitative estimate of drug-likeness (QED) is 0.259. The number of hydrogen-bond acceptors (Lipinski definition) is 6. The summed E-state index contributed by atoms with van der Waals surface area (Å²) in [4.78, 5) is 17.8. The molecule has 0 aliphatic rings. The molecule has 4 N–H and O–H groups in total. The Hall–Kier alpha value is -4.54. The van der Waals surface area contributed by atoms with Gasteiger partial charge in [-0.05, 0) is 66.9 Å². The van der Waals surface area contributed by atoms with Crippen LogP contribution in [0.5, 0.6) is 0 Å². The zero-order valence-electron chi connectivity index (χ0n) is 21.5. The molecular formula is C29H28N6O3S. The molecule has 39 heavy (non-hydrogen) atoms. The highest BCUT2D eigenvalue weighted by Crippen LogP contribution is 2.29. The summed E-state index contributed by atoms with van der Waals surface area (Å²) in [5.41, 5.74) is 9.82. The van der Waals surface area contributed by atoms with Crippen molar-refractivity contribution in [3.63, 3.8) is 0 Å². The minimum absolute atomic E-state index is 0.183. The van der Waals surface area contributed by atoms with Crippen molar-refractivity contribution in [3.8, 4) is 16.8 Å². The standard InChI is InChI=1S/C29H28N6O3S/c1-3-6-22-17-26(35(34-22)23-14-11-20-15-16-32-28(30)25(20)18-23)29(36)33-21-12-9-19(10-13-21)24-7-4-5-8-27(24)39(37,38)31-2/h4-5,7-18,31H,3,6H2,1-2H3,(H2,30,32)(H,33,36). The van der Waals surface area contributed by atoms with Gasteiger partial charge >= 0.3 is 0 Å². The molecule has 198 valence electrons. The van der Waals surface area contributed by atoms with E-state index in [1.807, 2.05) is 24.3 Å². The molecule has 10 heteroatoms. The van der Waals surface area contributed by atoms with Crippen LogP contribution in [0.25, 0.3) is 27.6 Å². The first-order chi connectivity index (χ1) is 18.8. The Morgan fingerprint density at radius 2 is 1.77 bits per heavy atom. The number of aromatic nitrogens is 3. The lowest BCUT2D eigenvalue weighted by Gasteiger charge is -2.12. The maximum Gasteiger partial charge on any atom is 0.274 e. The summed E-state index contributed by atoms with van der Waals surface area (Å²) in [5, 5.41) is 9.36. The predicted octanol–water partition coefficient (Wildman–Crippen LogP) is 4.78. The number of pyridine rings is 1. The summed E-state index contributed by atoms with van der Waals surface area (Å²) >= 11 is 0. The van der Waals surface area contributed by atoms with Crippen molar-refractivity contribution >= 4 is 38.2 Å². The topological polar surface area (TPSA) is 132 Å². The maximum atomic E-state index is 13.4. The van der Waals surface area contributed by atoms with E-state index in [1.54, 1.807) is 65.5 Å². The van der Waals surface area contributed by atoms with E-state index in [1.165, 1.54) is 7.05 Å². The Morgan fingerprint density at radius 3 is 2.51 bits per heavy atom. The van der Waals surface area contributed by atoms with Gasteiger partial charge in [-0.15, -0.1) is 0 Å². The molecule has 0 bridgehead atoms. The Morgan fingerprint density at radius 1 is 1.00 bits per heavy atom. The molecule has 0 saturated carbocycles.